The van der Waals surface area contributed by atoms with Crippen molar-refractivity contribution in [2.45, 2.75) is 0 Å². The third kappa shape index (κ3) is 2.37. The standard InChI is InChI=1S/C11H11BrN2O2S/c1-15-6-3-7(12)10(9(4-6)16-2)8-5-17-11(13)14-8/h3-5H,1-2H3,(H2,13,14). The van der Waals surface area contributed by atoms with Gasteiger partial charge in [0.2, 0.25) is 0 Å². The lowest BCUT2D eigenvalue weighted by Crippen LogP contribution is -1.92. The van der Waals surface area contributed by atoms with E-state index in [4.69, 9.17) is 15.2 Å². The number of methoxy groups -OCH3 is 2. The quantitative estimate of drug-likeness (QED) is 0.945. The van der Waals surface area contributed by atoms with Crippen molar-refractivity contribution in [2.24, 2.45) is 0 Å². The molecule has 90 valence electrons. The summed E-state index contributed by atoms with van der Waals surface area (Å²) in [5, 5.41) is 2.43. The molecule has 2 aromatic rings. The van der Waals surface area contributed by atoms with E-state index in [1.807, 2.05) is 17.5 Å². The molecule has 4 nitrogen and oxygen atoms in total. The Morgan fingerprint density at radius 2 is 2.06 bits per heavy atom. The maximum absolute atomic E-state index is 5.64. The summed E-state index contributed by atoms with van der Waals surface area (Å²) in [6.07, 6.45) is 0. The molecule has 0 saturated heterocycles. The van der Waals surface area contributed by atoms with Gasteiger partial charge in [0, 0.05) is 15.9 Å². The fourth-order valence-electron chi connectivity index (χ4n) is 1.49. The van der Waals surface area contributed by atoms with Gasteiger partial charge in [-0.3, -0.25) is 0 Å². The first kappa shape index (κ1) is 12.2. The first-order chi connectivity index (χ1) is 8.15. The Labute approximate surface area is 112 Å². The molecule has 1 aromatic heterocycles. The number of nitrogens with zero attached hydrogens (tertiary/aromatic N) is 1. The Bertz CT molecular complexity index is 542. The van der Waals surface area contributed by atoms with E-state index in [1.54, 1.807) is 14.2 Å². The zero-order valence-electron chi connectivity index (χ0n) is 9.36. The Kier molecular flexibility index (Phi) is 3.54. The van der Waals surface area contributed by atoms with Gasteiger partial charge in [0.1, 0.15) is 11.5 Å². The van der Waals surface area contributed by atoms with Crippen molar-refractivity contribution in [3.8, 4) is 22.8 Å². The molecule has 1 aromatic carbocycles. The van der Waals surface area contributed by atoms with E-state index in [1.165, 1.54) is 11.3 Å². The molecule has 0 bridgehead atoms. The van der Waals surface area contributed by atoms with Crippen LogP contribution < -0.4 is 15.2 Å². The Balaban J connectivity index is 2.60. The van der Waals surface area contributed by atoms with Gasteiger partial charge in [-0.05, 0) is 22.0 Å². The zero-order chi connectivity index (χ0) is 12.4. The largest absolute Gasteiger partial charge is 0.497 e. The molecule has 0 fully saturated rings. The normalized spacial score (nSPS) is 10.3. The summed E-state index contributed by atoms with van der Waals surface area (Å²) in [6.45, 7) is 0. The number of hydrogen-bond acceptors (Lipinski definition) is 5. The average Bonchev–Trinajstić information content (AvgIpc) is 2.74. The molecule has 1 heterocycles. The Morgan fingerprint density at radius 3 is 2.59 bits per heavy atom. The van der Waals surface area contributed by atoms with Crippen LogP contribution in [0.3, 0.4) is 0 Å². The van der Waals surface area contributed by atoms with E-state index in [-0.39, 0.29) is 0 Å². The van der Waals surface area contributed by atoms with Crippen molar-refractivity contribution >= 4 is 32.4 Å². The van der Waals surface area contributed by atoms with Crippen molar-refractivity contribution in [3.05, 3.63) is 22.0 Å². The minimum Gasteiger partial charge on any atom is -0.497 e. The van der Waals surface area contributed by atoms with Crippen molar-refractivity contribution in [3.63, 3.8) is 0 Å². The minimum atomic E-state index is 0.532. The van der Waals surface area contributed by atoms with Gasteiger partial charge in [-0.25, -0.2) is 4.98 Å². The minimum absolute atomic E-state index is 0.532. The van der Waals surface area contributed by atoms with Gasteiger partial charge >= 0.3 is 0 Å². The third-order valence-electron chi connectivity index (χ3n) is 2.26. The number of thiazole rings is 1. The van der Waals surface area contributed by atoms with E-state index < -0.39 is 0 Å². The van der Waals surface area contributed by atoms with Crippen LogP contribution in [0, 0.1) is 0 Å². The maximum Gasteiger partial charge on any atom is 0.180 e. The predicted octanol–water partition coefficient (Wildman–Crippen LogP) is 3.17. The summed E-state index contributed by atoms with van der Waals surface area (Å²) >= 11 is 4.89. The van der Waals surface area contributed by atoms with E-state index in [0.717, 1.165) is 21.5 Å². The highest BCUT2D eigenvalue weighted by molar-refractivity contribution is 9.10. The van der Waals surface area contributed by atoms with Crippen LogP contribution in [-0.2, 0) is 0 Å². The van der Waals surface area contributed by atoms with Crippen molar-refractivity contribution in [1.29, 1.82) is 0 Å². The lowest BCUT2D eigenvalue weighted by atomic mass is 10.1. The molecular weight excluding hydrogens is 304 g/mol. The monoisotopic (exact) mass is 314 g/mol. The number of halogens is 1. The summed E-state index contributed by atoms with van der Waals surface area (Å²) in [5.41, 5.74) is 7.31. The lowest BCUT2D eigenvalue weighted by molar-refractivity contribution is 0.395. The first-order valence-corrected chi connectivity index (χ1v) is 6.46. The smallest absolute Gasteiger partial charge is 0.180 e. The van der Waals surface area contributed by atoms with E-state index >= 15 is 0 Å². The maximum atomic E-state index is 5.64. The number of rotatable bonds is 3. The molecule has 0 aliphatic rings. The van der Waals surface area contributed by atoms with Crippen LogP contribution in [0.1, 0.15) is 0 Å². The highest BCUT2D eigenvalue weighted by atomic mass is 79.9. The highest BCUT2D eigenvalue weighted by Crippen LogP contribution is 2.40. The van der Waals surface area contributed by atoms with Gasteiger partial charge in [-0.15, -0.1) is 11.3 Å². The molecule has 0 amide bonds. The molecular formula is C11H11BrN2O2S. The topological polar surface area (TPSA) is 57.4 Å². The molecule has 0 aliphatic carbocycles. The van der Waals surface area contributed by atoms with Gasteiger partial charge in [0.25, 0.3) is 0 Å². The summed E-state index contributed by atoms with van der Waals surface area (Å²) in [7, 11) is 3.22. The third-order valence-corrected chi connectivity index (χ3v) is 3.56. The van der Waals surface area contributed by atoms with Crippen LogP contribution in [0.2, 0.25) is 0 Å². The van der Waals surface area contributed by atoms with Gasteiger partial charge in [-0.1, -0.05) is 0 Å². The van der Waals surface area contributed by atoms with Gasteiger partial charge in [0.15, 0.2) is 5.13 Å². The molecule has 6 heteroatoms. The van der Waals surface area contributed by atoms with Crippen molar-refractivity contribution in [2.75, 3.05) is 20.0 Å². The molecule has 0 atom stereocenters. The molecule has 2 rings (SSSR count). The van der Waals surface area contributed by atoms with Gasteiger partial charge in [0.05, 0.1) is 25.5 Å². The number of ether oxygens (including phenoxy) is 2. The molecule has 0 unspecified atom stereocenters. The van der Waals surface area contributed by atoms with Crippen LogP contribution >= 0.6 is 27.3 Å². The second-order valence-electron chi connectivity index (χ2n) is 3.26. The number of anilines is 1. The van der Waals surface area contributed by atoms with Gasteiger partial charge in [-0.2, -0.15) is 0 Å². The average molecular weight is 315 g/mol. The summed E-state index contributed by atoms with van der Waals surface area (Å²) in [4.78, 5) is 4.25. The highest BCUT2D eigenvalue weighted by Gasteiger charge is 2.15. The number of aromatic nitrogens is 1. The second kappa shape index (κ2) is 4.93. The molecule has 0 spiro atoms. The summed E-state index contributed by atoms with van der Waals surface area (Å²) in [5.74, 6) is 1.42. The molecule has 0 radical (unpaired) electrons. The van der Waals surface area contributed by atoms with Crippen LogP contribution in [0.5, 0.6) is 11.5 Å². The molecule has 2 N–H and O–H groups in total. The SMILES string of the molecule is COc1cc(Br)c(-c2csc(N)n2)c(OC)c1. The lowest BCUT2D eigenvalue weighted by Gasteiger charge is -2.11. The zero-order valence-corrected chi connectivity index (χ0v) is 11.8. The molecule has 0 saturated carbocycles. The number of nitrogens with two attached hydrogens (primary N) is 1. The van der Waals surface area contributed by atoms with Crippen LogP contribution in [0.15, 0.2) is 22.0 Å². The van der Waals surface area contributed by atoms with Crippen LogP contribution in [0.25, 0.3) is 11.3 Å². The summed E-state index contributed by atoms with van der Waals surface area (Å²) in [6, 6.07) is 3.68. The van der Waals surface area contributed by atoms with Crippen LogP contribution in [0.4, 0.5) is 5.13 Å². The summed E-state index contributed by atoms with van der Waals surface area (Å²) < 4.78 is 11.4. The van der Waals surface area contributed by atoms with E-state index in [9.17, 15) is 0 Å². The first-order valence-electron chi connectivity index (χ1n) is 4.78. The van der Waals surface area contributed by atoms with E-state index in [0.29, 0.717) is 10.9 Å². The number of hydrogen-bond donors (Lipinski definition) is 1. The number of nitrogen functional groups attached to an aromatic ring is 1. The fraction of sp³-hybridized carbons (Fsp3) is 0.182. The Morgan fingerprint density at radius 1 is 1.29 bits per heavy atom. The molecule has 0 aliphatic heterocycles. The Hall–Kier alpha value is -1.27. The second-order valence-corrected chi connectivity index (χ2v) is 5.00. The van der Waals surface area contributed by atoms with Crippen molar-refractivity contribution in [1.82, 2.24) is 4.98 Å². The predicted molar refractivity (Wildman–Crippen MR) is 72.8 cm³/mol. The van der Waals surface area contributed by atoms with Crippen LogP contribution in [-0.4, -0.2) is 19.2 Å². The molecule has 17 heavy (non-hydrogen) atoms. The van der Waals surface area contributed by atoms with E-state index in [2.05, 4.69) is 20.9 Å². The number of benzene rings is 1. The fourth-order valence-corrected chi connectivity index (χ4v) is 2.67. The van der Waals surface area contributed by atoms with Gasteiger partial charge < -0.3 is 15.2 Å². The van der Waals surface area contributed by atoms with Crippen molar-refractivity contribution < 1.29 is 9.47 Å².